The van der Waals surface area contributed by atoms with Crippen LogP contribution in [0.2, 0.25) is 5.02 Å². The molecule has 1 fully saturated rings. The van der Waals surface area contributed by atoms with Gasteiger partial charge >= 0.3 is 0 Å². The highest BCUT2D eigenvalue weighted by Gasteiger charge is 2.20. The molecule has 0 saturated heterocycles. The topological polar surface area (TPSA) is 21.3 Å². The summed E-state index contributed by atoms with van der Waals surface area (Å²) in [6.07, 6.45) is 2.56. The first-order valence-corrected chi connectivity index (χ1v) is 8.25. The van der Waals surface area contributed by atoms with Crippen molar-refractivity contribution >= 4 is 27.5 Å². The van der Waals surface area contributed by atoms with E-state index in [0.29, 0.717) is 6.04 Å². The average Bonchev–Trinajstić information content (AvgIpc) is 3.26. The largest absolute Gasteiger partial charge is 0.457 e. The third-order valence-electron chi connectivity index (χ3n) is 3.55. The summed E-state index contributed by atoms with van der Waals surface area (Å²) >= 11 is 9.81. The second kappa shape index (κ2) is 6.39. The molecule has 21 heavy (non-hydrogen) atoms. The molecule has 4 heteroatoms. The molecular formula is C17H17BrClNO. The number of hydrogen-bond donors (Lipinski definition) is 1. The summed E-state index contributed by atoms with van der Waals surface area (Å²) in [5.41, 5.74) is 2.26. The zero-order valence-electron chi connectivity index (χ0n) is 11.8. The minimum absolute atomic E-state index is 0.683. The highest BCUT2D eigenvalue weighted by atomic mass is 79.9. The number of aryl methyl sites for hydroxylation is 1. The highest BCUT2D eigenvalue weighted by molar-refractivity contribution is 9.10. The number of benzene rings is 2. The summed E-state index contributed by atoms with van der Waals surface area (Å²) in [5.74, 6) is 1.58. The van der Waals surface area contributed by atoms with Crippen LogP contribution in [0.1, 0.15) is 24.0 Å². The normalized spacial score (nSPS) is 14.2. The van der Waals surface area contributed by atoms with Gasteiger partial charge in [0, 0.05) is 22.1 Å². The molecule has 0 aromatic heterocycles. The first-order valence-electron chi connectivity index (χ1n) is 7.07. The van der Waals surface area contributed by atoms with Crippen molar-refractivity contribution in [1.29, 1.82) is 0 Å². The van der Waals surface area contributed by atoms with Crippen LogP contribution in [0.3, 0.4) is 0 Å². The second-order valence-corrected chi connectivity index (χ2v) is 6.68. The smallest absolute Gasteiger partial charge is 0.128 e. The minimum atomic E-state index is 0.683. The lowest BCUT2D eigenvalue weighted by Gasteiger charge is -2.10. The summed E-state index contributed by atoms with van der Waals surface area (Å²) in [6, 6.07) is 12.5. The van der Waals surface area contributed by atoms with E-state index in [9.17, 15) is 0 Å². The van der Waals surface area contributed by atoms with Crippen molar-refractivity contribution in [2.75, 3.05) is 0 Å². The van der Waals surface area contributed by atoms with E-state index < -0.39 is 0 Å². The first-order chi connectivity index (χ1) is 10.1. The number of ether oxygens (including phenoxy) is 1. The molecule has 1 N–H and O–H groups in total. The van der Waals surface area contributed by atoms with Crippen molar-refractivity contribution in [2.45, 2.75) is 32.4 Å². The van der Waals surface area contributed by atoms with Crippen molar-refractivity contribution < 1.29 is 4.74 Å². The fourth-order valence-corrected chi connectivity index (χ4v) is 2.58. The molecule has 110 valence electrons. The van der Waals surface area contributed by atoms with E-state index >= 15 is 0 Å². The predicted octanol–water partition coefficient (Wildman–Crippen LogP) is 5.46. The summed E-state index contributed by atoms with van der Waals surface area (Å²) in [7, 11) is 0. The molecule has 0 amide bonds. The zero-order chi connectivity index (χ0) is 14.8. The summed E-state index contributed by atoms with van der Waals surface area (Å²) in [5, 5.41) is 4.21. The van der Waals surface area contributed by atoms with Gasteiger partial charge in [-0.2, -0.15) is 0 Å². The maximum absolute atomic E-state index is 6.33. The molecule has 0 aliphatic heterocycles. The number of hydrogen-bond acceptors (Lipinski definition) is 2. The molecule has 0 unspecified atom stereocenters. The van der Waals surface area contributed by atoms with Crippen LogP contribution in [0.5, 0.6) is 11.5 Å². The van der Waals surface area contributed by atoms with Crippen molar-refractivity contribution in [3.8, 4) is 11.5 Å². The standard InChI is InChI=1S/C17H17BrClNO/c1-11-8-14(6-7-16(11)18)21-15-5-2-12(17(19)9-15)10-20-13-3-4-13/h2,5-9,13,20H,3-4,10H2,1H3. The van der Waals surface area contributed by atoms with E-state index in [-0.39, 0.29) is 0 Å². The first kappa shape index (κ1) is 14.9. The van der Waals surface area contributed by atoms with E-state index in [4.69, 9.17) is 16.3 Å². The molecule has 1 saturated carbocycles. The Morgan fingerprint density at radius 2 is 1.90 bits per heavy atom. The van der Waals surface area contributed by atoms with Gasteiger partial charge in [-0.05, 0) is 61.2 Å². The molecule has 1 aliphatic rings. The lowest BCUT2D eigenvalue weighted by Crippen LogP contribution is -2.15. The van der Waals surface area contributed by atoms with Crippen molar-refractivity contribution in [2.24, 2.45) is 0 Å². The van der Waals surface area contributed by atoms with Crippen LogP contribution in [0, 0.1) is 6.92 Å². The summed E-state index contributed by atoms with van der Waals surface area (Å²) in [4.78, 5) is 0. The van der Waals surface area contributed by atoms with E-state index in [1.165, 1.54) is 12.8 Å². The van der Waals surface area contributed by atoms with Crippen LogP contribution in [-0.2, 0) is 6.54 Å². The van der Waals surface area contributed by atoms with Gasteiger partial charge in [0.25, 0.3) is 0 Å². The third-order valence-corrected chi connectivity index (χ3v) is 4.79. The van der Waals surface area contributed by atoms with Crippen LogP contribution in [-0.4, -0.2) is 6.04 Å². The Balaban J connectivity index is 1.70. The fraction of sp³-hybridized carbons (Fsp3) is 0.294. The SMILES string of the molecule is Cc1cc(Oc2ccc(CNC3CC3)c(Cl)c2)ccc1Br. The Bertz CT molecular complexity index is 655. The maximum atomic E-state index is 6.33. The number of halogens is 2. The third kappa shape index (κ3) is 4.00. The molecule has 1 aliphatic carbocycles. The Morgan fingerprint density at radius 3 is 2.57 bits per heavy atom. The average molecular weight is 367 g/mol. The van der Waals surface area contributed by atoms with Crippen molar-refractivity contribution in [3.63, 3.8) is 0 Å². The van der Waals surface area contributed by atoms with Gasteiger partial charge in [0.05, 0.1) is 0 Å². The van der Waals surface area contributed by atoms with E-state index in [1.54, 1.807) is 0 Å². The van der Waals surface area contributed by atoms with Crippen LogP contribution in [0.25, 0.3) is 0 Å². The molecule has 2 aromatic rings. The molecule has 2 nitrogen and oxygen atoms in total. The fourth-order valence-electron chi connectivity index (χ4n) is 2.09. The Kier molecular flexibility index (Phi) is 4.53. The minimum Gasteiger partial charge on any atom is -0.457 e. The Labute approximate surface area is 138 Å². The van der Waals surface area contributed by atoms with Gasteiger partial charge in [0.2, 0.25) is 0 Å². The van der Waals surface area contributed by atoms with Gasteiger partial charge in [-0.1, -0.05) is 33.6 Å². The predicted molar refractivity (Wildman–Crippen MR) is 90.3 cm³/mol. The van der Waals surface area contributed by atoms with E-state index in [1.807, 2.05) is 43.3 Å². The molecule has 0 radical (unpaired) electrons. The molecule has 3 rings (SSSR count). The molecule has 0 bridgehead atoms. The van der Waals surface area contributed by atoms with Gasteiger partial charge in [0.1, 0.15) is 11.5 Å². The molecule has 0 heterocycles. The zero-order valence-corrected chi connectivity index (χ0v) is 14.2. The van der Waals surface area contributed by atoms with Gasteiger partial charge in [-0.3, -0.25) is 0 Å². The molecule has 0 atom stereocenters. The quantitative estimate of drug-likeness (QED) is 0.759. The molecule has 2 aromatic carbocycles. The summed E-state index contributed by atoms with van der Waals surface area (Å²) in [6.45, 7) is 2.86. The molecule has 0 spiro atoms. The second-order valence-electron chi connectivity index (χ2n) is 5.42. The van der Waals surface area contributed by atoms with Gasteiger partial charge in [-0.25, -0.2) is 0 Å². The van der Waals surface area contributed by atoms with Gasteiger partial charge < -0.3 is 10.1 Å². The Morgan fingerprint density at radius 1 is 1.19 bits per heavy atom. The van der Waals surface area contributed by atoms with Crippen LogP contribution in [0.4, 0.5) is 0 Å². The number of nitrogens with one attached hydrogen (secondary N) is 1. The van der Waals surface area contributed by atoms with E-state index in [2.05, 4.69) is 21.2 Å². The monoisotopic (exact) mass is 365 g/mol. The number of rotatable bonds is 5. The van der Waals surface area contributed by atoms with E-state index in [0.717, 1.165) is 38.7 Å². The van der Waals surface area contributed by atoms with Crippen LogP contribution in [0.15, 0.2) is 40.9 Å². The van der Waals surface area contributed by atoms with Gasteiger partial charge in [-0.15, -0.1) is 0 Å². The highest BCUT2D eigenvalue weighted by Crippen LogP contribution is 2.29. The van der Waals surface area contributed by atoms with Crippen LogP contribution < -0.4 is 10.1 Å². The molecular weight excluding hydrogens is 350 g/mol. The summed E-state index contributed by atoms with van der Waals surface area (Å²) < 4.78 is 6.94. The van der Waals surface area contributed by atoms with Crippen LogP contribution >= 0.6 is 27.5 Å². The maximum Gasteiger partial charge on any atom is 0.128 e. The lowest BCUT2D eigenvalue weighted by atomic mass is 10.2. The lowest BCUT2D eigenvalue weighted by molar-refractivity contribution is 0.482. The van der Waals surface area contributed by atoms with Crippen molar-refractivity contribution in [3.05, 3.63) is 57.0 Å². The van der Waals surface area contributed by atoms with Crippen molar-refractivity contribution in [1.82, 2.24) is 5.32 Å². The van der Waals surface area contributed by atoms with Gasteiger partial charge in [0.15, 0.2) is 0 Å². The Hall–Kier alpha value is -1.03.